The molecule has 2 saturated heterocycles. The van der Waals surface area contributed by atoms with Gasteiger partial charge in [-0.3, -0.25) is 19.2 Å². The lowest BCUT2D eigenvalue weighted by Crippen LogP contribution is -2.54. The molecule has 2 aliphatic heterocycles. The molecule has 4 atom stereocenters. The molecule has 6 amide bonds. The number of amides is 6. The monoisotopic (exact) mass is 720 g/mol. The Labute approximate surface area is 305 Å². The lowest BCUT2D eigenvalue weighted by atomic mass is 10.0. The first-order valence-electron chi connectivity index (χ1n) is 17.9. The summed E-state index contributed by atoms with van der Waals surface area (Å²) in [6.45, 7) is 8.19. The second-order valence-electron chi connectivity index (χ2n) is 14.0. The van der Waals surface area contributed by atoms with Gasteiger partial charge in [0, 0.05) is 24.5 Å². The van der Waals surface area contributed by atoms with E-state index in [9.17, 15) is 28.8 Å². The van der Waals surface area contributed by atoms with Crippen LogP contribution in [0.2, 0.25) is 0 Å². The summed E-state index contributed by atoms with van der Waals surface area (Å²) in [6, 6.07) is 12.3. The van der Waals surface area contributed by atoms with E-state index < -0.39 is 36.4 Å². The van der Waals surface area contributed by atoms with Crippen LogP contribution in [0.25, 0.3) is 0 Å². The molecular formula is C38H52N6O8. The Kier molecular flexibility index (Phi) is 14.0. The van der Waals surface area contributed by atoms with E-state index in [0.717, 1.165) is 24.0 Å². The topological polar surface area (TPSA) is 175 Å². The van der Waals surface area contributed by atoms with E-state index in [0.29, 0.717) is 50.1 Å². The van der Waals surface area contributed by atoms with E-state index in [1.54, 1.807) is 9.80 Å². The Balaban J connectivity index is 1.27. The van der Waals surface area contributed by atoms with Crippen molar-refractivity contribution in [2.45, 2.75) is 90.4 Å². The van der Waals surface area contributed by atoms with Crippen LogP contribution in [0.3, 0.4) is 0 Å². The van der Waals surface area contributed by atoms with E-state index in [4.69, 9.17) is 0 Å². The maximum atomic E-state index is 13.3. The van der Waals surface area contributed by atoms with Crippen LogP contribution >= 0.6 is 0 Å². The molecule has 14 nitrogen and oxygen atoms in total. The molecule has 0 saturated carbocycles. The van der Waals surface area contributed by atoms with Gasteiger partial charge in [-0.2, -0.15) is 0 Å². The standard InChI is InChI=1S/C38H52N6O8/c1-23(2)31(41-37(49)51-5)35(47)43-21-7-9-29(43)33(45)39-27-17-13-25(14-18-27)11-12-26-15-19-28(20-16-26)40-34(46)30-10-8-22-44(30)36(48)32(24(3)4)42-38(50)52-6/h13-20,23-24,29-32H,7-12,21-22H2,1-6H3,(H,39,45)(H,40,46)(H,41,49)(H,42,50)/t29-,30-,31-,32-/m0/s1. The average Bonchev–Trinajstić information content (AvgIpc) is 3.83. The zero-order valence-electron chi connectivity index (χ0n) is 30.9. The molecule has 282 valence electrons. The van der Waals surface area contributed by atoms with E-state index in [1.807, 2.05) is 76.2 Å². The summed E-state index contributed by atoms with van der Waals surface area (Å²) in [5.41, 5.74) is 3.41. The molecule has 0 aromatic heterocycles. The van der Waals surface area contributed by atoms with Gasteiger partial charge in [0.25, 0.3) is 0 Å². The number of carbonyl (C=O) groups is 6. The van der Waals surface area contributed by atoms with Crippen LogP contribution in [-0.4, -0.2) is 97.1 Å². The lowest BCUT2D eigenvalue weighted by Gasteiger charge is -2.30. The third kappa shape index (κ3) is 10.2. The van der Waals surface area contributed by atoms with Gasteiger partial charge in [0.2, 0.25) is 23.6 Å². The normalized spacial score (nSPS) is 18.1. The maximum absolute atomic E-state index is 13.3. The van der Waals surface area contributed by atoms with Crippen molar-refractivity contribution >= 4 is 47.2 Å². The molecule has 2 aliphatic rings. The van der Waals surface area contributed by atoms with Crippen LogP contribution in [-0.2, 0) is 41.5 Å². The summed E-state index contributed by atoms with van der Waals surface area (Å²) in [5, 5.41) is 11.1. The molecule has 2 aromatic rings. The number of likely N-dealkylation sites (tertiary alicyclic amines) is 2. The van der Waals surface area contributed by atoms with Gasteiger partial charge in [-0.15, -0.1) is 0 Å². The fourth-order valence-corrected chi connectivity index (χ4v) is 6.61. The quantitative estimate of drug-likeness (QED) is 0.239. The highest BCUT2D eigenvalue weighted by Crippen LogP contribution is 2.24. The molecule has 2 aromatic carbocycles. The molecule has 0 aliphatic carbocycles. The number of nitrogens with zero attached hydrogens (tertiary/aromatic N) is 2. The second-order valence-corrected chi connectivity index (χ2v) is 14.0. The van der Waals surface area contributed by atoms with Gasteiger partial charge in [0.15, 0.2) is 0 Å². The van der Waals surface area contributed by atoms with Crippen LogP contribution in [0.5, 0.6) is 0 Å². The van der Waals surface area contributed by atoms with Crippen molar-refractivity contribution in [1.29, 1.82) is 0 Å². The average molecular weight is 721 g/mol. The maximum Gasteiger partial charge on any atom is 0.407 e. The second kappa shape index (κ2) is 18.4. The minimum atomic E-state index is -0.794. The van der Waals surface area contributed by atoms with Crippen LogP contribution in [0.15, 0.2) is 48.5 Å². The molecule has 0 unspecified atom stereocenters. The summed E-state index contributed by atoms with van der Waals surface area (Å²) in [4.78, 5) is 79.8. The SMILES string of the molecule is COC(=O)N[C@H](C(=O)N1CCC[C@H]1C(=O)Nc1ccc(CCc2ccc(NC(=O)[C@@H]3CCCN3C(=O)[C@@H](NC(=O)OC)C(C)C)cc2)cc1)C(C)C. The van der Waals surface area contributed by atoms with Crippen LogP contribution in [0, 0.1) is 11.8 Å². The highest BCUT2D eigenvalue weighted by Gasteiger charge is 2.40. The van der Waals surface area contributed by atoms with Crippen molar-refractivity contribution in [3.05, 3.63) is 59.7 Å². The first kappa shape index (κ1) is 39.6. The number of alkyl carbamates (subject to hydrolysis) is 2. The highest BCUT2D eigenvalue weighted by molar-refractivity contribution is 5.99. The first-order chi connectivity index (χ1) is 24.8. The molecular weight excluding hydrogens is 668 g/mol. The fourth-order valence-electron chi connectivity index (χ4n) is 6.61. The van der Waals surface area contributed by atoms with E-state index in [1.165, 1.54) is 14.2 Å². The van der Waals surface area contributed by atoms with Gasteiger partial charge in [0.05, 0.1) is 14.2 Å². The number of nitrogens with one attached hydrogen (secondary N) is 4. The van der Waals surface area contributed by atoms with Gasteiger partial charge in [-0.05, 0) is 85.8 Å². The van der Waals surface area contributed by atoms with E-state index >= 15 is 0 Å². The Hall–Kier alpha value is -5.14. The van der Waals surface area contributed by atoms with Crippen molar-refractivity contribution in [3.63, 3.8) is 0 Å². The van der Waals surface area contributed by atoms with Gasteiger partial charge >= 0.3 is 12.2 Å². The molecule has 0 spiro atoms. The molecule has 0 bridgehead atoms. The van der Waals surface area contributed by atoms with Crippen LogP contribution < -0.4 is 21.3 Å². The summed E-state index contributed by atoms with van der Waals surface area (Å²) < 4.78 is 9.35. The summed E-state index contributed by atoms with van der Waals surface area (Å²) in [5.74, 6) is -1.51. The predicted octanol–water partition coefficient (Wildman–Crippen LogP) is 4.09. The van der Waals surface area contributed by atoms with Gasteiger partial charge in [0.1, 0.15) is 24.2 Å². The zero-order valence-corrected chi connectivity index (χ0v) is 30.9. The van der Waals surface area contributed by atoms with E-state index in [2.05, 4.69) is 30.7 Å². The van der Waals surface area contributed by atoms with Gasteiger partial charge < -0.3 is 40.5 Å². The number of ether oxygens (including phenoxy) is 2. The number of benzene rings is 2. The van der Waals surface area contributed by atoms with Crippen molar-refractivity contribution in [3.8, 4) is 0 Å². The van der Waals surface area contributed by atoms with Crippen molar-refractivity contribution < 1.29 is 38.2 Å². The van der Waals surface area contributed by atoms with Gasteiger partial charge in [-0.25, -0.2) is 9.59 Å². The fraction of sp³-hybridized carbons (Fsp3) is 0.526. The Morgan fingerprint density at radius 1 is 0.615 bits per heavy atom. The third-order valence-corrected chi connectivity index (χ3v) is 9.61. The van der Waals surface area contributed by atoms with E-state index in [-0.39, 0.29) is 35.5 Å². The summed E-state index contributed by atoms with van der Waals surface area (Å²) in [6.07, 6.45) is 2.58. The summed E-state index contributed by atoms with van der Waals surface area (Å²) >= 11 is 0. The Bertz CT molecular complexity index is 1460. The molecule has 14 heteroatoms. The minimum Gasteiger partial charge on any atom is -0.453 e. The summed E-state index contributed by atoms with van der Waals surface area (Å²) in [7, 11) is 2.48. The number of hydrogen-bond acceptors (Lipinski definition) is 8. The zero-order chi connectivity index (χ0) is 37.9. The molecule has 4 N–H and O–H groups in total. The smallest absolute Gasteiger partial charge is 0.407 e. The highest BCUT2D eigenvalue weighted by atomic mass is 16.5. The number of aryl methyl sites for hydroxylation is 2. The van der Waals surface area contributed by atoms with Crippen molar-refractivity contribution in [2.24, 2.45) is 11.8 Å². The third-order valence-electron chi connectivity index (χ3n) is 9.61. The Morgan fingerprint density at radius 3 is 1.27 bits per heavy atom. The van der Waals surface area contributed by atoms with Crippen LogP contribution in [0.4, 0.5) is 21.0 Å². The molecule has 0 radical (unpaired) electrons. The molecule has 4 rings (SSSR count). The Morgan fingerprint density at radius 2 is 0.962 bits per heavy atom. The number of methoxy groups -OCH3 is 2. The number of anilines is 2. The van der Waals surface area contributed by atoms with Crippen molar-refractivity contribution in [2.75, 3.05) is 37.9 Å². The molecule has 2 heterocycles. The van der Waals surface area contributed by atoms with Crippen LogP contribution in [0.1, 0.15) is 64.5 Å². The number of carbonyl (C=O) groups excluding carboxylic acids is 6. The minimum absolute atomic E-state index is 0.184. The number of rotatable bonds is 13. The molecule has 52 heavy (non-hydrogen) atoms. The lowest BCUT2D eigenvalue weighted by molar-refractivity contribution is -0.139. The number of hydrogen-bond donors (Lipinski definition) is 4. The largest absolute Gasteiger partial charge is 0.453 e. The molecule has 2 fully saturated rings. The predicted molar refractivity (Wildman–Crippen MR) is 195 cm³/mol. The first-order valence-corrected chi connectivity index (χ1v) is 17.9. The van der Waals surface area contributed by atoms with Gasteiger partial charge in [-0.1, -0.05) is 52.0 Å². The van der Waals surface area contributed by atoms with Crippen molar-refractivity contribution in [1.82, 2.24) is 20.4 Å².